The van der Waals surface area contributed by atoms with Crippen molar-refractivity contribution in [1.29, 1.82) is 0 Å². The Bertz CT molecular complexity index is 276. The number of carbonyl (C=O) groups excluding carboxylic acids is 1. The summed E-state index contributed by atoms with van der Waals surface area (Å²) in [6.45, 7) is 6.59. The lowest BCUT2D eigenvalue weighted by Crippen LogP contribution is -2.52. The molecule has 2 aliphatic heterocycles. The molecule has 0 aliphatic carbocycles. The lowest BCUT2D eigenvalue weighted by molar-refractivity contribution is -0.152. The molecule has 1 amide bonds. The van der Waals surface area contributed by atoms with E-state index in [1.54, 1.807) is 0 Å². The van der Waals surface area contributed by atoms with E-state index < -0.39 is 5.60 Å². The maximum absolute atomic E-state index is 12.4. The van der Waals surface area contributed by atoms with Gasteiger partial charge in [0.15, 0.2) is 0 Å². The van der Waals surface area contributed by atoms with Crippen LogP contribution < -0.4 is 0 Å². The molecule has 0 N–H and O–H groups in total. The highest BCUT2D eigenvalue weighted by Crippen LogP contribution is 2.30. The van der Waals surface area contributed by atoms with Crippen molar-refractivity contribution in [1.82, 2.24) is 4.90 Å². The first-order valence-electron chi connectivity index (χ1n) is 6.10. The summed E-state index contributed by atoms with van der Waals surface area (Å²) in [7, 11) is 0. The fourth-order valence-electron chi connectivity index (χ4n) is 2.49. The molecule has 3 nitrogen and oxygen atoms in total. The monoisotopic (exact) mass is 289 g/mol. The summed E-state index contributed by atoms with van der Waals surface area (Å²) in [6, 6.07) is 0. The van der Waals surface area contributed by atoms with Crippen molar-refractivity contribution in [2.24, 2.45) is 5.92 Å². The van der Waals surface area contributed by atoms with Crippen molar-refractivity contribution in [3.8, 4) is 0 Å². The third-order valence-corrected chi connectivity index (χ3v) is 5.02. The molecule has 0 saturated carbocycles. The topological polar surface area (TPSA) is 29.5 Å². The molecule has 92 valence electrons. The van der Waals surface area contributed by atoms with Crippen LogP contribution in [0.1, 0.15) is 33.1 Å². The zero-order chi connectivity index (χ0) is 11.8. The summed E-state index contributed by atoms with van der Waals surface area (Å²) in [5.41, 5.74) is -0.548. The summed E-state index contributed by atoms with van der Waals surface area (Å²) >= 11 is 3.65. The Kier molecular flexibility index (Phi) is 3.59. The third kappa shape index (κ3) is 2.28. The first-order chi connectivity index (χ1) is 7.53. The van der Waals surface area contributed by atoms with E-state index in [0.717, 1.165) is 39.0 Å². The fraction of sp³-hybridized carbons (Fsp3) is 0.917. The molecule has 2 saturated heterocycles. The minimum absolute atomic E-state index is 0.182. The van der Waals surface area contributed by atoms with E-state index in [0.29, 0.717) is 10.7 Å². The molecular weight excluding hydrogens is 270 g/mol. The smallest absolute Gasteiger partial charge is 0.254 e. The molecule has 0 spiro atoms. The van der Waals surface area contributed by atoms with Gasteiger partial charge in [0.05, 0.1) is 0 Å². The van der Waals surface area contributed by atoms with Crippen molar-refractivity contribution in [2.75, 3.05) is 19.7 Å². The molecule has 0 aromatic rings. The second-order valence-corrected chi connectivity index (χ2v) is 6.39. The summed E-state index contributed by atoms with van der Waals surface area (Å²) < 4.78 is 5.61. The maximum Gasteiger partial charge on any atom is 0.254 e. The first-order valence-corrected chi connectivity index (χ1v) is 7.02. The lowest BCUT2D eigenvalue weighted by Gasteiger charge is -2.38. The van der Waals surface area contributed by atoms with E-state index in [1.807, 2.05) is 11.8 Å². The van der Waals surface area contributed by atoms with E-state index >= 15 is 0 Å². The Morgan fingerprint density at radius 1 is 1.56 bits per heavy atom. The average molecular weight is 290 g/mol. The minimum atomic E-state index is -0.548. The molecule has 16 heavy (non-hydrogen) atoms. The van der Waals surface area contributed by atoms with Gasteiger partial charge in [0, 0.05) is 24.5 Å². The lowest BCUT2D eigenvalue weighted by atomic mass is 9.95. The standard InChI is InChI=1S/C12H20BrNO2/c1-9-4-6-14(8-10(9)13)11(15)12(2)5-3-7-16-12/h9-10H,3-8H2,1-2H3. The van der Waals surface area contributed by atoms with Gasteiger partial charge < -0.3 is 9.64 Å². The van der Waals surface area contributed by atoms with Crippen molar-refractivity contribution in [2.45, 2.75) is 43.5 Å². The van der Waals surface area contributed by atoms with Crippen LogP contribution in [0.4, 0.5) is 0 Å². The van der Waals surface area contributed by atoms with Crippen LogP contribution in [0.2, 0.25) is 0 Å². The summed E-state index contributed by atoms with van der Waals surface area (Å²) in [5.74, 6) is 0.836. The van der Waals surface area contributed by atoms with Crippen LogP contribution in [0.3, 0.4) is 0 Å². The van der Waals surface area contributed by atoms with Crippen LogP contribution >= 0.6 is 15.9 Å². The van der Waals surface area contributed by atoms with Gasteiger partial charge in [0.2, 0.25) is 0 Å². The van der Waals surface area contributed by atoms with Gasteiger partial charge in [-0.3, -0.25) is 4.79 Å². The quantitative estimate of drug-likeness (QED) is 0.693. The highest BCUT2D eigenvalue weighted by molar-refractivity contribution is 9.09. The number of amides is 1. The van der Waals surface area contributed by atoms with Crippen LogP contribution in [0.5, 0.6) is 0 Å². The molecule has 2 rings (SSSR count). The molecule has 2 heterocycles. The largest absolute Gasteiger partial charge is 0.365 e. The number of hydrogen-bond donors (Lipinski definition) is 0. The predicted octanol–water partition coefficient (Wildman–Crippen LogP) is 2.19. The van der Waals surface area contributed by atoms with Crippen LogP contribution in [0.15, 0.2) is 0 Å². The molecule has 0 radical (unpaired) electrons. The van der Waals surface area contributed by atoms with Gasteiger partial charge in [-0.05, 0) is 32.1 Å². The maximum atomic E-state index is 12.4. The number of halogens is 1. The van der Waals surface area contributed by atoms with Crippen molar-refractivity contribution >= 4 is 21.8 Å². The Balaban J connectivity index is 2.00. The molecule has 3 atom stereocenters. The van der Waals surface area contributed by atoms with Crippen LogP contribution in [-0.2, 0) is 9.53 Å². The van der Waals surface area contributed by atoms with Crippen LogP contribution in [0.25, 0.3) is 0 Å². The summed E-state index contributed by atoms with van der Waals surface area (Å²) in [6.07, 6.45) is 2.95. The van der Waals surface area contributed by atoms with Gasteiger partial charge >= 0.3 is 0 Å². The number of piperidine rings is 1. The van der Waals surface area contributed by atoms with Crippen molar-refractivity contribution in [3.05, 3.63) is 0 Å². The molecule has 0 aromatic carbocycles. The second kappa shape index (κ2) is 4.65. The van der Waals surface area contributed by atoms with E-state index in [2.05, 4.69) is 22.9 Å². The van der Waals surface area contributed by atoms with Gasteiger partial charge in [-0.1, -0.05) is 22.9 Å². The summed E-state index contributed by atoms with van der Waals surface area (Å²) in [4.78, 5) is 14.7. The van der Waals surface area contributed by atoms with E-state index in [-0.39, 0.29) is 5.91 Å². The Morgan fingerprint density at radius 3 is 2.88 bits per heavy atom. The minimum Gasteiger partial charge on any atom is -0.365 e. The van der Waals surface area contributed by atoms with Gasteiger partial charge in [0.1, 0.15) is 5.60 Å². The Labute approximate surface area is 106 Å². The predicted molar refractivity (Wildman–Crippen MR) is 66.7 cm³/mol. The van der Waals surface area contributed by atoms with E-state index in [4.69, 9.17) is 4.74 Å². The van der Waals surface area contributed by atoms with E-state index in [1.165, 1.54) is 0 Å². The molecular formula is C12H20BrNO2. The molecule has 0 aromatic heterocycles. The molecule has 3 unspecified atom stereocenters. The summed E-state index contributed by atoms with van der Waals surface area (Å²) in [5, 5.41) is 0. The Morgan fingerprint density at radius 2 is 2.31 bits per heavy atom. The first kappa shape index (κ1) is 12.4. The Hall–Kier alpha value is -0.0900. The van der Waals surface area contributed by atoms with Crippen molar-refractivity contribution in [3.63, 3.8) is 0 Å². The van der Waals surface area contributed by atoms with Crippen LogP contribution in [-0.4, -0.2) is 40.9 Å². The molecule has 2 fully saturated rings. The van der Waals surface area contributed by atoms with Crippen LogP contribution in [0, 0.1) is 5.92 Å². The van der Waals surface area contributed by atoms with Crippen molar-refractivity contribution < 1.29 is 9.53 Å². The van der Waals surface area contributed by atoms with Gasteiger partial charge in [-0.15, -0.1) is 0 Å². The highest BCUT2D eigenvalue weighted by Gasteiger charge is 2.42. The normalized spacial score (nSPS) is 40.1. The SMILES string of the molecule is CC1CCN(C(=O)C2(C)CCCO2)CC1Br. The molecule has 0 bridgehead atoms. The number of ether oxygens (including phenoxy) is 1. The van der Waals surface area contributed by atoms with Gasteiger partial charge in [0.25, 0.3) is 5.91 Å². The number of alkyl halides is 1. The third-order valence-electron chi connectivity index (χ3n) is 3.83. The second-order valence-electron chi connectivity index (χ2n) is 5.22. The molecule has 4 heteroatoms. The average Bonchev–Trinajstić information content (AvgIpc) is 2.70. The van der Waals surface area contributed by atoms with Gasteiger partial charge in [-0.25, -0.2) is 0 Å². The number of rotatable bonds is 1. The number of nitrogens with zero attached hydrogens (tertiary/aromatic N) is 1. The zero-order valence-corrected chi connectivity index (χ0v) is 11.6. The number of likely N-dealkylation sites (tertiary alicyclic amines) is 1. The number of hydrogen-bond acceptors (Lipinski definition) is 2. The van der Waals surface area contributed by atoms with Gasteiger partial charge in [-0.2, -0.15) is 0 Å². The molecule has 2 aliphatic rings. The zero-order valence-electron chi connectivity index (χ0n) is 10.0. The van der Waals surface area contributed by atoms with E-state index in [9.17, 15) is 4.79 Å². The number of carbonyl (C=O) groups is 1. The highest BCUT2D eigenvalue weighted by atomic mass is 79.9. The fourth-order valence-corrected chi connectivity index (χ4v) is 3.10.